The lowest BCUT2D eigenvalue weighted by Crippen LogP contribution is -2.36. The third-order valence-corrected chi connectivity index (χ3v) is 3.44. The van der Waals surface area contributed by atoms with Crippen LogP contribution in [-0.2, 0) is 11.3 Å². The van der Waals surface area contributed by atoms with Gasteiger partial charge in [0.1, 0.15) is 5.82 Å². The molecular formula is C13H21BrN2O2. The number of hydrogen-bond donors (Lipinski definition) is 1. The molecule has 18 heavy (non-hydrogen) atoms. The Morgan fingerprint density at radius 2 is 2.28 bits per heavy atom. The summed E-state index contributed by atoms with van der Waals surface area (Å²) in [7, 11) is 1.69. The van der Waals surface area contributed by atoms with E-state index in [4.69, 9.17) is 4.74 Å². The average molecular weight is 317 g/mol. The van der Waals surface area contributed by atoms with Crippen LogP contribution in [0.5, 0.6) is 0 Å². The molecule has 0 bridgehead atoms. The van der Waals surface area contributed by atoms with E-state index >= 15 is 0 Å². The second-order valence-corrected chi connectivity index (χ2v) is 5.15. The molecule has 1 N–H and O–H groups in total. The van der Waals surface area contributed by atoms with Gasteiger partial charge in [0, 0.05) is 35.9 Å². The molecule has 0 aromatic carbocycles. The first-order valence-corrected chi connectivity index (χ1v) is 6.94. The molecule has 102 valence electrons. The number of hydrogen-bond acceptors (Lipinski definition) is 4. The predicted molar refractivity (Wildman–Crippen MR) is 76.8 cm³/mol. The Kier molecular flexibility index (Phi) is 6.60. The fraction of sp³-hybridized carbons (Fsp3) is 0.615. The molecule has 5 heteroatoms. The van der Waals surface area contributed by atoms with Crippen LogP contribution >= 0.6 is 15.9 Å². The van der Waals surface area contributed by atoms with Gasteiger partial charge in [-0.25, -0.2) is 4.98 Å². The fourth-order valence-corrected chi connectivity index (χ4v) is 2.17. The number of ether oxygens (including phenoxy) is 1. The smallest absolute Gasteiger partial charge is 0.134 e. The van der Waals surface area contributed by atoms with Crippen molar-refractivity contribution in [3.8, 4) is 0 Å². The van der Waals surface area contributed by atoms with Crippen molar-refractivity contribution < 1.29 is 9.84 Å². The predicted octanol–water partition coefficient (Wildman–Crippen LogP) is 2.59. The standard InChI is InChI=1S/C13H21BrN2O2/c1-4-10(2)16(5-6-18-3)13-11(9-17)7-12(14)8-15-13/h7-8,10,17H,4-6,9H2,1-3H3. The van der Waals surface area contributed by atoms with Crippen LogP contribution in [0.1, 0.15) is 25.8 Å². The number of nitrogens with zero attached hydrogens (tertiary/aromatic N) is 2. The van der Waals surface area contributed by atoms with Crippen molar-refractivity contribution in [3.63, 3.8) is 0 Å². The Bertz CT molecular complexity index is 374. The first-order chi connectivity index (χ1) is 8.63. The number of rotatable bonds is 7. The van der Waals surface area contributed by atoms with E-state index in [-0.39, 0.29) is 6.61 Å². The highest BCUT2D eigenvalue weighted by Crippen LogP contribution is 2.24. The Morgan fingerprint density at radius 1 is 1.56 bits per heavy atom. The number of halogens is 1. The summed E-state index contributed by atoms with van der Waals surface area (Å²) in [5.41, 5.74) is 0.834. The molecule has 1 aromatic heterocycles. The monoisotopic (exact) mass is 316 g/mol. The Hall–Kier alpha value is -0.650. The summed E-state index contributed by atoms with van der Waals surface area (Å²) >= 11 is 3.38. The van der Waals surface area contributed by atoms with Gasteiger partial charge in [0.05, 0.1) is 13.2 Å². The molecule has 0 fully saturated rings. The van der Waals surface area contributed by atoms with Crippen LogP contribution in [0.2, 0.25) is 0 Å². The average Bonchev–Trinajstić information content (AvgIpc) is 2.39. The lowest BCUT2D eigenvalue weighted by atomic mass is 10.2. The van der Waals surface area contributed by atoms with Crippen LogP contribution in [0.25, 0.3) is 0 Å². The number of pyridine rings is 1. The topological polar surface area (TPSA) is 45.6 Å². The van der Waals surface area contributed by atoms with Crippen molar-refractivity contribution in [2.75, 3.05) is 25.2 Å². The van der Waals surface area contributed by atoms with Crippen LogP contribution in [-0.4, -0.2) is 36.4 Å². The quantitative estimate of drug-likeness (QED) is 0.840. The van der Waals surface area contributed by atoms with E-state index < -0.39 is 0 Å². The SMILES string of the molecule is CCC(C)N(CCOC)c1ncc(Br)cc1CO. The van der Waals surface area contributed by atoms with Crippen molar-refractivity contribution >= 4 is 21.7 Å². The molecule has 4 nitrogen and oxygen atoms in total. The van der Waals surface area contributed by atoms with Gasteiger partial charge in [-0.2, -0.15) is 0 Å². The maximum absolute atomic E-state index is 9.45. The molecule has 1 unspecified atom stereocenters. The largest absolute Gasteiger partial charge is 0.392 e. The van der Waals surface area contributed by atoms with Crippen molar-refractivity contribution in [1.82, 2.24) is 4.98 Å². The Balaban J connectivity index is 3.03. The van der Waals surface area contributed by atoms with Crippen molar-refractivity contribution in [3.05, 3.63) is 22.3 Å². The van der Waals surface area contributed by atoms with Gasteiger partial charge in [-0.05, 0) is 35.3 Å². The van der Waals surface area contributed by atoms with Crippen molar-refractivity contribution in [2.24, 2.45) is 0 Å². The van der Waals surface area contributed by atoms with E-state index in [2.05, 4.69) is 39.7 Å². The van der Waals surface area contributed by atoms with Gasteiger partial charge in [0.15, 0.2) is 0 Å². The molecule has 1 heterocycles. The molecule has 0 saturated carbocycles. The van der Waals surface area contributed by atoms with E-state index in [9.17, 15) is 5.11 Å². The first-order valence-electron chi connectivity index (χ1n) is 6.14. The lowest BCUT2D eigenvalue weighted by Gasteiger charge is -2.31. The molecule has 0 aliphatic heterocycles. The number of methoxy groups -OCH3 is 1. The highest BCUT2D eigenvalue weighted by atomic mass is 79.9. The van der Waals surface area contributed by atoms with Crippen LogP contribution in [0, 0.1) is 0 Å². The normalized spacial score (nSPS) is 12.5. The van der Waals surface area contributed by atoms with Gasteiger partial charge in [-0.15, -0.1) is 0 Å². The number of aromatic nitrogens is 1. The van der Waals surface area contributed by atoms with Gasteiger partial charge >= 0.3 is 0 Å². The molecule has 1 aromatic rings. The number of aliphatic hydroxyl groups excluding tert-OH is 1. The van der Waals surface area contributed by atoms with Crippen molar-refractivity contribution in [2.45, 2.75) is 32.9 Å². The minimum absolute atomic E-state index is 0.0122. The van der Waals surface area contributed by atoms with Gasteiger partial charge in [-0.3, -0.25) is 0 Å². The zero-order valence-electron chi connectivity index (χ0n) is 11.2. The minimum atomic E-state index is -0.0122. The van der Waals surface area contributed by atoms with E-state index in [1.54, 1.807) is 13.3 Å². The minimum Gasteiger partial charge on any atom is -0.392 e. The molecule has 0 radical (unpaired) electrons. The van der Waals surface area contributed by atoms with E-state index in [0.29, 0.717) is 12.6 Å². The number of anilines is 1. The first kappa shape index (κ1) is 15.4. The summed E-state index contributed by atoms with van der Waals surface area (Å²) in [4.78, 5) is 6.62. The highest BCUT2D eigenvalue weighted by molar-refractivity contribution is 9.10. The van der Waals surface area contributed by atoms with E-state index in [0.717, 1.165) is 28.8 Å². The van der Waals surface area contributed by atoms with Crippen LogP contribution in [0.15, 0.2) is 16.7 Å². The fourth-order valence-electron chi connectivity index (χ4n) is 1.79. The number of aliphatic hydroxyl groups is 1. The molecule has 0 spiro atoms. The lowest BCUT2D eigenvalue weighted by molar-refractivity contribution is 0.202. The molecule has 0 aliphatic rings. The second-order valence-electron chi connectivity index (χ2n) is 4.24. The van der Waals surface area contributed by atoms with Gasteiger partial charge in [0.2, 0.25) is 0 Å². The maximum Gasteiger partial charge on any atom is 0.134 e. The van der Waals surface area contributed by atoms with Crippen LogP contribution in [0.4, 0.5) is 5.82 Å². The molecule has 1 rings (SSSR count). The zero-order chi connectivity index (χ0) is 13.5. The molecule has 0 aliphatic carbocycles. The Labute approximate surface area is 117 Å². The maximum atomic E-state index is 9.45. The van der Waals surface area contributed by atoms with Crippen LogP contribution in [0.3, 0.4) is 0 Å². The summed E-state index contributed by atoms with van der Waals surface area (Å²) in [6.07, 6.45) is 2.78. The van der Waals surface area contributed by atoms with Crippen molar-refractivity contribution in [1.29, 1.82) is 0 Å². The van der Waals surface area contributed by atoms with E-state index in [1.807, 2.05) is 6.07 Å². The summed E-state index contributed by atoms with van der Waals surface area (Å²) in [6, 6.07) is 2.27. The van der Waals surface area contributed by atoms with Crippen LogP contribution < -0.4 is 4.90 Å². The summed E-state index contributed by atoms with van der Waals surface area (Å²) in [5.74, 6) is 0.840. The van der Waals surface area contributed by atoms with Gasteiger partial charge < -0.3 is 14.7 Å². The summed E-state index contributed by atoms with van der Waals surface area (Å²) in [6.45, 7) is 5.70. The highest BCUT2D eigenvalue weighted by Gasteiger charge is 2.17. The molecule has 1 atom stereocenters. The third-order valence-electron chi connectivity index (χ3n) is 3.01. The zero-order valence-corrected chi connectivity index (χ0v) is 12.8. The summed E-state index contributed by atoms with van der Waals surface area (Å²) < 4.78 is 6.03. The second kappa shape index (κ2) is 7.71. The molecular weight excluding hydrogens is 296 g/mol. The van der Waals surface area contributed by atoms with Gasteiger partial charge in [0.25, 0.3) is 0 Å². The molecule has 0 amide bonds. The Morgan fingerprint density at radius 3 is 2.83 bits per heavy atom. The molecule has 0 saturated heterocycles. The van der Waals surface area contributed by atoms with E-state index in [1.165, 1.54) is 0 Å². The van der Waals surface area contributed by atoms with Gasteiger partial charge in [-0.1, -0.05) is 6.92 Å². The third kappa shape index (κ3) is 3.93. The summed E-state index contributed by atoms with van der Waals surface area (Å²) in [5, 5.41) is 9.45.